The Morgan fingerprint density at radius 1 is 1.43 bits per heavy atom. The molecule has 1 heterocycles. The van der Waals surface area contributed by atoms with Crippen LogP contribution in [0, 0.1) is 0 Å². The van der Waals surface area contributed by atoms with E-state index < -0.39 is 42.3 Å². The average molecular weight is 329 g/mol. The van der Waals surface area contributed by atoms with Gasteiger partial charge in [0.25, 0.3) is 5.91 Å². The molecule has 2 amide bonds. The van der Waals surface area contributed by atoms with Crippen molar-refractivity contribution in [3.05, 3.63) is 0 Å². The maximum Gasteiger partial charge on any atom is 0.408 e. The van der Waals surface area contributed by atoms with Gasteiger partial charge in [0.05, 0.1) is 13.7 Å². The zero-order valence-corrected chi connectivity index (χ0v) is 13.7. The molecule has 0 radical (unpaired) electrons. The summed E-state index contributed by atoms with van der Waals surface area (Å²) in [7, 11) is 1.21. The summed E-state index contributed by atoms with van der Waals surface area (Å²) < 4.78 is 9.69. The Labute approximate surface area is 134 Å². The number of hydrogen-bond acceptors (Lipinski definition) is 7. The molecule has 1 aliphatic heterocycles. The van der Waals surface area contributed by atoms with Crippen molar-refractivity contribution in [2.24, 2.45) is 5.10 Å². The summed E-state index contributed by atoms with van der Waals surface area (Å²) in [5.74, 6) is -1.33. The molecule has 0 fully saturated rings. The number of hydrazone groups is 1. The topological polar surface area (TPSA) is 118 Å². The van der Waals surface area contributed by atoms with Crippen LogP contribution in [0.1, 0.15) is 33.6 Å². The molecule has 2 N–H and O–H groups in total. The van der Waals surface area contributed by atoms with Gasteiger partial charge in [-0.05, 0) is 33.6 Å². The maximum atomic E-state index is 12.4. The molecule has 0 aromatic carbocycles. The van der Waals surface area contributed by atoms with E-state index in [-0.39, 0.29) is 0 Å². The molecule has 0 bridgehead atoms. The molecular formula is C14H23N3O6. The minimum absolute atomic E-state index is 0.354. The van der Waals surface area contributed by atoms with Gasteiger partial charge < -0.3 is 19.9 Å². The molecular weight excluding hydrogens is 306 g/mol. The fraction of sp³-hybridized carbons (Fsp3) is 0.714. The van der Waals surface area contributed by atoms with Gasteiger partial charge in [0.2, 0.25) is 0 Å². The highest BCUT2D eigenvalue weighted by Crippen LogP contribution is 2.15. The minimum atomic E-state index is -1.27. The van der Waals surface area contributed by atoms with Crippen molar-refractivity contribution in [2.45, 2.75) is 51.3 Å². The number of ether oxygens (including phenoxy) is 2. The molecule has 0 saturated carbocycles. The number of rotatable bonds is 4. The molecule has 9 heteroatoms. The first kappa shape index (κ1) is 18.9. The van der Waals surface area contributed by atoms with E-state index >= 15 is 0 Å². The Hall–Kier alpha value is -2.16. The van der Waals surface area contributed by atoms with E-state index in [0.29, 0.717) is 12.8 Å². The highest BCUT2D eigenvalue weighted by Gasteiger charge is 2.36. The molecule has 1 aliphatic rings. The molecule has 0 aliphatic carbocycles. The quantitative estimate of drug-likeness (QED) is 0.702. The molecule has 0 aromatic rings. The van der Waals surface area contributed by atoms with E-state index in [0.717, 1.165) is 5.01 Å². The smallest absolute Gasteiger partial charge is 0.408 e. The zero-order chi connectivity index (χ0) is 17.6. The lowest BCUT2D eigenvalue weighted by Gasteiger charge is -2.30. The molecule has 9 nitrogen and oxygen atoms in total. The first-order chi connectivity index (χ1) is 10.7. The second kappa shape index (κ2) is 7.91. The minimum Gasteiger partial charge on any atom is -0.467 e. The van der Waals surface area contributed by atoms with Crippen LogP contribution < -0.4 is 5.32 Å². The number of aliphatic hydroxyl groups is 1. The predicted octanol–water partition coefficient (Wildman–Crippen LogP) is 0.0218. The summed E-state index contributed by atoms with van der Waals surface area (Å²) in [6, 6.07) is -2.15. The number of esters is 1. The Bertz CT molecular complexity index is 485. The van der Waals surface area contributed by atoms with Crippen molar-refractivity contribution in [3.8, 4) is 0 Å². The molecule has 0 saturated heterocycles. The van der Waals surface area contributed by atoms with Gasteiger partial charge >= 0.3 is 12.1 Å². The fourth-order valence-electron chi connectivity index (χ4n) is 1.94. The van der Waals surface area contributed by atoms with Crippen LogP contribution in [0.3, 0.4) is 0 Å². The number of nitrogens with zero attached hydrogens (tertiary/aromatic N) is 2. The number of aliphatic hydroxyl groups excluding tert-OH is 1. The van der Waals surface area contributed by atoms with Crippen molar-refractivity contribution >= 4 is 24.2 Å². The first-order valence-electron chi connectivity index (χ1n) is 7.23. The Balaban J connectivity index is 2.81. The third-order valence-electron chi connectivity index (χ3n) is 2.94. The number of amides is 2. The van der Waals surface area contributed by atoms with Crippen molar-refractivity contribution < 1.29 is 29.0 Å². The van der Waals surface area contributed by atoms with Gasteiger partial charge in [-0.3, -0.25) is 4.79 Å². The van der Waals surface area contributed by atoms with Crippen LogP contribution in [0.15, 0.2) is 5.10 Å². The standard InChI is InChI=1S/C14H23N3O6/c1-14(2,3)23-13(21)16-9(8-18)11(19)17-10(12(20)22-4)6-5-7-15-17/h7,9-10,18H,5-6,8H2,1-4H3,(H,16,21)/t9-,10+/m1/s1. The normalized spacial score (nSPS) is 19.0. The third-order valence-corrected chi connectivity index (χ3v) is 2.94. The second-order valence-electron chi connectivity index (χ2n) is 5.98. The molecule has 2 atom stereocenters. The van der Waals surface area contributed by atoms with Crippen molar-refractivity contribution in [1.29, 1.82) is 0 Å². The van der Waals surface area contributed by atoms with Crippen molar-refractivity contribution in [1.82, 2.24) is 10.3 Å². The van der Waals surface area contributed by atoms with Gasteiger partial charge in [0.1, 0.15) is 11.6 Å². The lowest BCUT2D eigenvalue weighted by atomic mass is 10.1. The molecule has 0 aromatic heterocycles. The van der Waals surface area contributed by atoms with Crippen LogP contribution in [0.25, 0.3) is 0 Å². The monoisotopic (exact) mass is 329 g/mol. The van der Waals surface area contributed by atoms with Gasteiger partial charge in [0.15, 0.2) is 6.04 Å². The van der Waals surface area contributed by atoms with Gasteiger partial charge in [-0.25, -0.2) is 14.6 Å². The number of methoxy groups -OCH3 is 1. The molecule has 23 heavy (non-hydrogen) atoms. The van der Waals surface area contributed by atoms with Gasteiger partial charge in [-0.2, -0.15) is 5.10 Å². The van der Waals surface area contributed by atoms with Crippen molar-refractivity contribution in [3.63, 3.8) is 0 Å². The Morgan fingerprint density at radius 3 is 2.61 bits per heavy atom. The zero-order valence-electron chi connectivity index (χ0n) is 13.7. The summed E-state index contributed by atoms with van der Waals surface area (Å²) in [6.45, 7) is 4.36. The van der Waals surface area contributed by atoms with Crippen LogP contribution in [0.2, 0.25) is 0 Å². The predicted molar refractivity (Wildman–Crippen MR) is 80.6 cm³/mol. The van der Waals surface area contributed by atoms with Crippen LogP contribution in [-0.4, -0.2) is 65.7 Å². The van der Waals surface area contributed by atoms with Crippen LogP contribution >= 0.6 is 0 Å². The largest absolute Gasteiger partial charge is 0.467 e. The molecule has 0 unspecified atom stereocenters. The summed E-state index contributed by atoms with van der Waals surface area (Å²) in [6.07, 6.45) is 1.51. The number of hydrogen-bond donors (Lipinski definition) is 2. The summed E-state index contributed by atoms with van der Waals surface area (Å²) in [4.78, 5) is 35.9. The Kier molecular flexibility index (Phi) is 6.49. The van der Waals surface area contributed by atoms with Crippen LogP contribution in [0.4, 0.5) is 4.79 Å². The van der Waals surface area contributed by atoms with Gasteiger partial charge in [-0.15, -0.1) is 0 Å². The number of nitrogens with one attached hydrogen (secondary N) is 1. The van der Waals surface area contributed by atoms with E-state index in [4.69, 9.17) is 4.74 Å². The highest BCUT2D eigenvalue weighted by atomic mass is 16.6. The Morgan fingerprint density at radius 2 is 2.09 bits per heavy atom. The van der Waals surface area contributed by atoms with E-state index in [1.807, 2.05) is 0 Å². The lowest BCUT2D eigenvalue weighted by molar-refractivity contribution is -0.154. The first-order valence-corrected chi connectivity index (χ1v) is 7.23. The molecule has 1 rings (SSSR count). The average Bonchev–Trinajstić information content (AvgIpc) is 2.49. The number of carbonyl (C=O) groups is 3. The van der Waals surface area contributed by atoms with E-state index in [9.17, 15) is 19.5 Å². The van der Waals surface area contributed by atoms with Crippen molar-refractivity contribution in [2.75, 3.05) is 13.7 Å². The summed E-state index contributed by atoms with van der Waals surface area (Å²) in [5.41, 5.74) is -0.745. The summed E-state index contributed by atoms with van der Waals surface area (Å²) in [5, 5.41) is 16.4. The van der Waals surface area contributed by atoms with Gasteiger partial charge in [-0.1, -0.05) is 0 Å². The SMILES string of the molecule is COC(=O)[C@@H]1CCC=NN1C(=O)[C@@H](CO)NC(=O)OC(C)(C)C. The molecule has 130 valence electrons. The van der Waals surface area contributed by atoms with E-state index in [1.165, 1.54) is 13.3 Å². The number of alkyl carbamates (subject to hydrolysis) is 1. The maximum absolute atomic E-state index is 12.4. The molecule has 0 spiro atoms. The summed E-state index contributed by atoms with van der Waals surface area (Å²) >= 11 is 0. The van der Waals surface area contributed by atoms with Gasteiger partial charge in [0, 0.05) is 6.21 Å². The number of carbonyl (C=O) groups excluding carboxylic acids is 3. The van der Waals surface area contributed by atoms with Crippen LogP contribution in [-0.2, 0) is 19.1 Å². The third kappa shape index (κ3) is 5.51. The highest BCUT2D eigenvalue weighted by molar-refractivity contribution is 5.90. The van der Waals surface area contributed by atoms with E-state index in [1.54, 1.807) is 20.8 Å². The fourth-order valence-corrected chi connectivity index (χ4v) is 1.94. The second-order valence-corrected chi connectivity index (χ2v) is 5.98. The lowest BCUT2D eigenvalue weighted by Crippen LogP contribution is -2.54. The van der Waals surface area contributed by atoms with E-state index in [2.05, 4.69) is 15.2 Å². The van der Waals surface area contributed by atoms with Crippen LogP contribution in [0.5, 0.6) is 0 Å².